The van der Waals surface area contributed by atoms with Crippen molar-refractivity contribution in [2.24, 2.45) is 5.41 Å². The van der Waals surface area contributed by atoms with Gasteiger partial charge in [-0.2, -0.15) is 0 Å². The first-order valence-electron chi connectivity index (χ1n) is 6.23. The molecule has 0 radical (unpaired) electrons. The Morgan fingerprint density at radius 1 is 1.30 bits per heavy atom. The van der Waals surface area contributed by atoms with Crippen LogP contribution in [0.2, 0.25) is 0 Å². The molecule has 1 amide bonds. The van der Waals surface area contributed by atoms with E-state index in [0.29, 0.717) is 5.13 Å². The number of halogens is 1. The van der Waals surface area contributed by atoms with Crippen LogP contribution in [0.15, 0.2) is 24.3 Å². The molecule has 0 bridgehead atoms. The summed E-state index contributed by atoms with van der Waals surface area (Å²) in [5.41, 5.74) is 0.104. The second-order valence-electron chi connectivity index (χ2n) is 5.67. The minimum Gasteiger partial charge on any atom is -0.296 e. The van der Waals surface area contributed by atoms with E-state index in [0.717, 1.165) is 11.4 Å². The van der Waals surface area contributed by atoms with Crippen LogP contribution in [0.5, 0.6) is 0 Å². The van der Waals surface area contributed by atoms with E-state index in [4.69, 9.17) is 0 Å². The Hall–Kier alpha value is -1.82. The highest BCUT2D eigenvalue weighted by atomic mass is 32.1. The van der Waals surface area contributed by atoms with Crippen LogP contribution in [-0.2, 0) is 6.42 Å². The molecule has 0 aliphatic carbocycles. The number of rotatable bonds is 3. The highest BCUT2D eigenvalue weighted by Crippen LogP contribution is 2.25. The van der Waals surface area contributed by atoms with Crippen molar-refractivity contribution in [3.63, 3.8) is 0 Å². The highest BCUT2D eigenvalue weighted by molar-refractivity contribution is 7.15. The van der Waals surface area contributed by atoms with Crippen LogP contribution >= 0.6 is 11.3 Å². The van der Waals surface area contributed by atoms with Crippen LogP contribution in [0, 0.1) is 11.2 Å². The maximum absolute atomic E-state index is 13.5. The molecule has 0 fully saturated rings. The van der Waals surface area contributed by atoms with Gasteiger partial charge in [-0.1, -0.05) is 44.2 Å². The lowest BCUT2D eigenvalue weighted by Crippen LogP contribution is -2.13. The summed E-state index contributed by atoms with van der Waals surface area (Å²) in [6.07, 6.45) is 0.778. The Kier molecular flexibility index (Phi) is 4.13. The summed E-state index contributed by atoms with van der Waals surface area (Å²) < 4.78 is 13.5. The lowest BCUT2D eigenvalue weighted by Gasteiger charge is -2.14. The van der Waals surface area contributed by atoms with Crippen LogP contribution in [0.4, 0.5) is 9.52 Å². The fourth-order valence-electron chi connectivity index (χ4n) is 1.64. The zero-order valence-electron chi connectivity index (χ0n) is 11.6. The molecule has 1 aromatic carbocycles. The number of hydrogen-bond donors (Lipinski definition) is 1. The third-order valence-electron chi connectivity index (χ3n) is 2.49. The SMILES string of the molecule is CC(C)(C)Cc1nnc(NC(=O)c2ccccc2F)s1. The first-order chi connectivity index (χ1) is 9.35. The lowest BCUT2D eigenvalue weighted by molar-refractivity contribution is 0.102. The predicted octanol–water partition coefficient (Wildman–Crippen LogP) is 3.52. The molecular formula is C14H16FN3OS. The molecule has 106 valence electrons. The Labute approximate surface area is 121 Å². The van der Waals surface area contributed by atoms with Gasteiger partial charge in [-0.25, -0.2) is 4.39 Å². The molecule has 0 unspecified atom stereocenters. The summed E-state index contributed by atoms with van der Waals surface area (Å²) in [6, 6.07) is 5.84. The zero-order chi connectivity index (χ0) is 14.8. The van der Waals surface area contributed by atoms with E-state index in [9.17, 15) is 9.18 Å². The van der Waals surface area contributed by atoms with E-state index in [2.05, 4.69) is 36.3 Å². The number of amides is 1. The van der Waals surface area contributed by atoms with Gasteiger partial charge in [-0.05, 0) is 17.5 Å². The van der Waals surface area contributed by atoms with Gasteiger partial charge in [0.05, 0.1) is 5.56 Å². The number of nitrogens with one attached hydrogen (secondary N) is 1. The predicted molar refractivity (Wildman–Crippen MR) is 77.4 cm³/mol. The normalized spacial score (nSPS) is 11.4. The summed E-state index contributed by atoms with van der Waals surface area (Å²) in [7, 11) is 0. The molecule has 0 saturated carbocycles. The Bertz CT molecular complexity index is 619. The van der Waals surface area contributed by atoms with Gasteiger partial charge in [-0.3, -0.25) is 10.1 Å². The largest absolute Gasteiger partial charge is 0.296 e. The second kappa shape index (κ2) is 5.66. The molecule has 20 heavy (non-hydrogen) atoms. The van der Waals surface area contributed by atoms with Crippen molar-refractivity contribution < 1.29 is 9.18 Å². The van der Waals surface area contributed by atoms with Crippen molar-refractivity contribution in [2.45, 2.75) is 27.2 Å². The van der Waals surface area contributed by atoms with Gasteiger partial charge >= 0.3 is 0 Å². The average Bonchev–Trinajstić information content (AvgIpc) is 2.74. The van der Waals surface area contributed by atoms with Gasteiger partial charge in [-0.15, -0.1) is 10.2 Å². The summed E-state index contributed by atoms with van der Waals surface area (Å²) in [6.45, 7) is 6.31. The number of benzene rings is 1. The molecule has 2 aromatic rings. The van der Waals surface area contributed by atoms with Crippen molar-refractivity contribution in [1.82, 2.24) is 10.2 Å². The third-order valence-corrected chi connectivity index (χ3v) is 3.33. The molecule has 1 N–H and O–H groups in total. The van der Waals surface area contributed by atoms with Crippen molar-refractivity contribution in [3.8, 4) is 0 Å². The molecule has 4 nitrogen and oxygen atoms in total. The molecule has 0 spiro atoms. The van der Waals surface area contributed by atoms with Crippen molar-refractivity contribution in [2.75, 3.05) is 5.32 Å². The summed E-state index contributed by atoms with van der Waals surface area (Å²) in [5.74, 6) is -1.06. The van der Waals surface area contributed by atoms with E-state index >= 15 is 0 Å². The Balaban J connectivity index is 2.08. The van der Waals surface area contributed by atoms with Crippen LogP contribution in [0.1, 0.15) is 36.1 Å². The molecule has 2 rings (SSSR count). The van der Waals surface area contributed by atoms with Crippen molar-refractivity contribution >= 4 is 22.4 Å². The Morgan fingerprint density at radius 3 is 2.65 bits per heavy atom. The van der Waals surface area contributed by atoms with E-state index in [1.165, 1.54) is 23.5 Å². The van der Waals surface area contributed by atoms with E-state index in [1.54, 1.807) is 12.1 Å². The standard InChI is InChI=1S/C14H16FN3OS/c1-14(2,3)8-11-17-18-13(20-11)16-12(19)9-6-4-5-7-10(9)15/h4-7H,8H2,1-3H3,(H,16,18,19). The Morgan fingerprint density at radius 2 is 2.00 bits per heavy atom. The lowest BCUT2D eigenvalue weighted by atomic mass is 9.93. The number of carbonyl (C=O) groups excluding carboxylic acids is 1. The first kappa shape index (κ1) is 14.6. The maximum Gasteiger partial charge on any atom is 0.260 e. The van der Waals surface area contributed by atoms with Gasteiger partial charge in [0.1, 0.15) is 10.8 Å². The second-order valence-corrected chi connectivity index (χ2v) is 6.73. The van der Waals surface area contributed by atoms with Gasteiger partial charge in [0.2, 0.25) is 5.13 Å². The molecular weight excluding hydrogens is 277 g/mol. The van der Waals surface area contributed by atoms with Gasteiger partial charge < -0.3 is 0 Å². The maximum atomic E-state index is 13.5. The van der Waals surface area contributed by atoms with Crippen LogP contribution in [0.3, 0.4) is 0 Å². The molecule has 1 heterocycles. The monoisotopic (exact) mass is 293 g/mol. The minimum absolute atomic E-state index is 0.0000661. The topological polar surface area (TPSA) is 54.9 Å². The smallest absolute Gasteiger partial charge is 0.260 e. The van der Waals surface area contributed by atoms with Crippen molar-refractivity contribution in [3.05, 3.63) is 40.7 Å². The zero-order valence-corrected chi connectivity index (χ0v) is 12.4. The molecule has 0 saturated heterocycles. The van der Waals surface area contributed by atoms with Crippen LogP contribution in [0.25, 0.3) is 0 Å². The molecule has 0 atom stereocenters. The van der Waals surface area contributed by atoms with Gasteiger partial charge in [0.25, 0.3) is 5.91 Å². The first-order valence-corrected chi connectivity index (χ1v) is 7.05. The van der Waals surface area contributed by atoms with Crippen LogP contribution < -0.4 is 5.32 Å². The quantitative estimate of drug-likeness (QED) is 0.942. The number of hydrogen-bond acceptors (Lipinski definition) is 4. The fourth-order valence-corrected chi connectivity index (χ4v) is 2.67. The number of aromatic nitrogens is 2. The molecule has 1 aromatic heterocycles. The van der Waals surface area contributed by atoms with Gasteiger partial charge in [0, 0.05) is 6.42 Å². The summed E-state index contributed by atoms with van der Waals surface area (Å²) in [4.78, 5) is 11.9. The highest BCUT2D eigenvalue weighted by Gasteiger charge is 2.17. The molecule has 0 aliphatic heterocycles. The van der Waals surface area contributed by atoms with E-state index in [1.807, 2.05) is 0 Å². The number of nitrogens with zero attached hydrogens (tertiary/aromatic N) is 2. The minimum atomic E-state index is -0.551. The van der Waals surface area contributed by atoms with E-state index < -0.39 is 11.7 Å². The van der Waals surface area contributed by atoms with Crippen molar-refractivity contribution in [1.29, 1.82) is 0 Å². The number of carbonyl (C=O) groups is 1. The fraction of sp³-hybridized carbons (Fsp3) is 0.357. The average molecular weight is 293 g/mol. The van der Waals surface area contributed by atoms with Crippen LogP contribution in [-0.4, -0.2) is 16.1 Å². The summed E-state index contributed by atoms with van der Waals surface area (Å²) >= 11 is 1.31. The summed E-state index contributed by atoms with van der Waals surface area (Å²) in [5, 5.41) is 11.7. The van der Waals surface area contributed by atoms with Gasteiger partial charge in [0.15, 0.2) is 0 Å². The molecule has 6 heteroatoms. The number of anilines is 1. The third kappa shape index (κ3) is 3.84. The molecule has 0 aliphatic rings. The van der Waals surface area contributed by atoms with E-state index in [-0.39, 0.29) is 11.0 Å².